The van der Waals surface area contributed by atoms with Crippen LogP contribution in [0.1, 0.15) is 19.3 Å². The zero-order valence-electron chi connectivity index (χ0n) is 17.6. The van der Waals surface area contributed by atoms with Crippen molar-refractivity contribution in [2.45, 2.75) is 61.0 Å². The molecule has 0 aromatic carbocycles. The minimum atomic E-state index is -8.41. The predicted molar refractivity (Wildman–Crippen MR) is 85.5 cm³/mol. The Morgan fingerprint density at radius 3 is 1.35 bits per heavy atom. The van der Waals surface area contributed by atoms with Gasteiger partial charge in [0.05, 0.1) is 27.7 Å². The molecule has 34 heavy (non-hydrogen) atoms. The van der Waals surface area contributed by atoms with Crippen LogP contribution in [0.2, 0.25) is 0 Å². The van der Waals surface area contributed by atoms with Crippen LogP contribution in [-0.4, -0.2) is 86.3 Å². The van der Waals surface area contributed by atoms with Crippen molar-refractivity contribution in [1.29, 1.82) is 0 Å². The van der Waals surface area contributed by atoms with Crippen molar-refractivity contribution in [3.05, 3.63) is 0 Å². The molecule has 0 atom stereocenters. The first-order valence-corrected chi connectivity index (χ1v) is 9.05. The van der Waals surface area contributed by atoms with Gasteiger partial charge < -0.3 is 9.80 Å². The zero-order chi connectivity index (χ0) is 27.8. The van der Waals surface area contributed by atoms with Gasteiger partial charge in [0.15, 0.2) is 0 Å². The summed E-state index contributed by atoms with van der Waals surface area (Å²) in [7, 11) is 5.28. The summed E-state index contributed by atoms with van der Waals surface area (Å²) in [4.78, 5) is 11.2. The minimum Gasteiger partial charge on any atom is -0.351 e. The normalized spacial score (nSPS) is 15.5. The van der Waals surface area contributed by atoms with E-state index in [1.807, 2.05) is 0 Å². The Morgan fingerprint density at radius 2 is 0.971 bits per heavy atom. The lowest BCUT2D eigenvalue weighted by Gasteiger charge is -2.41. The van der Waals surface area contributed by atoms with Gasteiger partial charge in [0.25, 0.3) is 5.91 Å². The fourth-order valence-electron chi connectivity index (χ4n) is 2.31. The van der Waals surface area contributed by atoms with Crippen LogP contribution in [0.15, 0.2) is 0 Å². The van der Waals surface area contributed by atoms with E-state index in [-0.39, 0.29) is 12.8 Å². The standard InChI is InChI=1S/C16H19F15N2O/c1-33(2,3)8-6-4-5-7-32-9(34)10(17,18)11(19,20)12(21,22)13(23,24)14(25,26)15(27,28)16(29,30)31/h4-8H2,1-3H3/p+1. The van der Waals surface area contributed by atoms with Gasteiger partial charge in [-0.2, -0.15) is 65.9 Å². The molecule has 0 aliphatic heterocycles. The third-order valence-corrected chi connectivity index (χ3v) is 4.40. The summed E-state index contributed by atoms with van der Waals surface area (Å²) in [5.74, 6) is -51.2. The molecule has 1 amide bonds. The number of alkyl halides is 15. The molecule has 0 unspecified atom stereocenters. The van der Waals surface area contributed by atoms with Crippen molar-refractivity contribution >= 4 is 5.91 Å². The number of halogens is 15. The van der Waals surface area contributed by atoms with E-state index in [9.17, 15) is 70.7 Å². The second kappa shape index (κ2) is 9.44. The summed E-state index contributed by atoms with van der Waals surface area (Å²) < 4.78 is 196. The quantitative estimate of drug-likeness (QED) is 0.202. The number of unbranched alkanes of at least 4 members (excludes halogenated alkanes) is 2. The molecule has 0 rings (SSSR count). The van der Waals surface area contributed by atoms with Crippen LogP contribution in [-0.2, 0) is 4.79 Å². The predicted octanol–water partition coefficient (Wildman–Crippen LogP) is 5.35. The van der Waals surface area contributed by atoms with E-state index in [1.165, 1.54) is 0 Å². The Bertz CT molecular complexity index is 710. The topological polar surface area (TPSA) is 29.1 Å². The van der Waals surface area contributed by atoms with Crippen LogP contribution in [0, 0.1) is 0 Å². The van der Waals surface area contributed by atoms with Gasteiger partial charge in [0.1, 0.15) is 0 Å². The molecule has 0 radical (unpaired) electrons. The van der Waals surface area contributed by atoms with Gasteiger partial charge in [-0.1, -0.05) is 0 Å². The average Bonchev–Trinajstić information content (AvgIpc) is 2.61. The maximum atomic E-state index is 13.6. The molecular weight excluding hydrogens is 521 g/mol. The Labute approximate surface area is 182 Å². The lowest BCUT2D eigenvalue weighted by molar-refractivity contribution is -0.870. The Morgan fingerprint density at radius 1 is 0.588 bits per heavy atom. The molecule has 3 nitrogen and oxygen atoms in total. The Balaban J connectivity index is 5.76. The first kappa shape index (κ1) is 32.4. The number of hydrogen-bond acceptors (Lipinski definition) is 1. The molecule has 0 saturated carbocycles. The maximum absolute atomic E-state index is 13.6. The second-order valence-electron chi connectivity index (χ2n) is 8.27. The summed E-state index contributed by atoms with van der Waals surface area (Å²) in [5.41, 5.74) is 0. The SMILES string of the molecule is C[N+](C)(C)CCCCCNC(=O)C(F)(F)C(F)(F)C(F)(F)C(F)(F)C(F)(F)C(F)(F)C(F)(F)F. The molecule has 0 aliphatic rings. The van der Waals surface area contributed by atoms with Crippen LogP contribution >= 0.6 is 0 Å². The van der Waals surface area contributed by atoms with Crippen molar-refractivity contribution in [3.63, 3.8) is 0 Å². The molecule has 0 aliphatic carbocycles. The molecule has 0 spiro atoms. The summed E-state index contributed by atoms with van der Waals surface area (Å²) in [6.45, 7) is -0.383. The number of nitrogens with zero attached hydrogens (tertiary/aromatic N) is 1. The van der Waals surface area contributed by atoms with Gasteiger partial charge in [-0.25, -0.2) is 0 Å². The summed E-state index contributed by atoms with van der Waals surface area (Å²) in [6, 6.07) is 0. The minimum absolute atomic E-state index is 0.171. The molecule has 18 heteroatoms. The highest BCUT2D eigenvalue weighted by Gasteiger charge is 2.94. The molecule has 0 heterocycles. The smallest absolute Gasteiger partial charge is 0.351 e. The highest BCUT2D eigenvalue weighted by atomic mass is 19.4. The van der Waals surface area contributed by atoms with Gasteiger partial charge >= 0.3 is 41.7 Å². The first-order valence-electron chi connectivity index (χ1n) is 9.05. The van der Waals surface area contributed by atoms with Crippen molar-refractivity contribution in [3.8, 4) is 0 Å². The molecule has 1 N–H and O–H groups in total. The fraction of sp³-hybridized carbons (Fsp3) is 0.938. The molecule has 204 valence electrons. The average molecular weight is 541 g/mol. The zero-order valence-corrected chi connectivity index (χ0v) is 17.6. The molecule has 0 aromatic rings. The van der Waals surface area contributed by atoms with Crippen LogP contribution in [0.3, 0.4) is 0 Å². The number of nitrogens with one attached hydrogen (secondary N) is 1. The van der Waals surface area contributed by atoms with E-state index < -0.39 is 54.2 Å². The first-order chi connectivity index (χ1) is 14.6. The molecule has 0 aromatic heterocycles. The van der Waals surface area contributed by atoms with Gasteiger partial charge in [-0.3, -0.25) is 4.79 Å². The third kappa shape index (κ3) is 5.61. The van der Waals surface area contributed by atoms with E-state index in [0.29, 0.717) is 17.4 Å². The van der Waals surface area contributed by atoms with Crippen LogP contribution in [0.25, 0.3) is 0 Å². The molecule has 0 saturated heterocycles. The van der Waals surface area contributed by atoms with E-state index in [1.54, 1.807) is 21.1 Å². The number of hydrogen-bond donors (Lipinski definition) is 1. The number of carbonyl (C=O) groups excluding carboxylic acids is 1. The van der Waals surface area contributed by atoms with Crippen molar-refractivity contribution in [2.75, 3.05) is 34.2 Å². The van der Waals surface area contributed by atoms with E-state index >= 15 is 0 Å². The monoisotopic (exact) mass is 541 g/mol. The largest absolute Gasteiger partial charge is 0.460 e. The van der Waals surface area contributed by atoms with E-state index in [2.05, 4.69) is 0 Å². The van der Waals surface area contributed by atoms with Crippen molar-refractivity contribution < 1.29 is 75.1 Å². The lowest BCUT2D eigenvalue weighted by Crippen LogP contribution is -2.74. The highest BCUT2D eigenvalue weighted by molar-refractivity contribution is 5.84. The Hall–Kier alpha value is -1.62. The fourth-order valence-corrected chi connectivity index (χ4v) is 2.31. The number of carbonyl (C=O) groups is 1. The number of rotatable bonds is 12. The van der Waals surface area contributed by atoms with Gasteiger partial charge in [0.2, 0.25) is 0 Å². The molecular formula is C16H20F15N2O+. The number of amides is 1. The van der Waals surface area contributed by atoms with E-state index in [0.717, 1.165) is 5.32 Å². The van der Waals surface area contributed by atoms with Crippen LogP contribution in [0.5, 0.6) is 0 Å². The molecule has 0 fully saturated rings. The second-order valence-corrected chi connectivity index (χ2v) is 8.27. The van der Waals surface area contributed by atoms with Gasteiger partial charge in [-0.05, 0) is 19.3 Å². The summed E-state index contributed by atoms with van der Waals surface area (Å²) in [5, 5.41) is 0.976. The van der Waals surface area contributed by atoms with Gasteiger partial charge in [0, 0.05) is 6.54 Å². The lowest BCUT2D eigenvalue weighted by atomic mass is 9.91. The van der Waals surface area contributed by atoms with Crippen molar-refractivity contribution in [2.24, 2.45) is 0 Å². The van der Waals surface area contributed by atoms with Crippen LogP contribution < -0.4 is 5.32 Å². The van der Waals surface area contributed by atoms with E-state index in [4.69, 9.17) is 0 Å². The number of quaternary nitrogens is 1. The third-order valence-electron chi connectivity index (χ3n) is 4.40. The van der Waals surface area contributed by atoms with Gasteiger partial charge in [-0.15, -0.1) is 0 Å². The van der Waals surface area contributed by atoms with Crippen LogP contribution in [0.4, 0.5) is 65.9 Å². The summed E-state index contributed by atoms with van der Waals surface area (Å²) in [6.07, 6.45) is -7.31. The Kier molecular flexibility index (Phi) is 8.99. The van der Waals surface area contributed by atoms with Crippen molar-refractivity contribution in [1.82, 2.24) is 5.32 Å². The highest BCUT2D eigenvalue weighted by Crippen LogP contribution is 2.62. The summed E-state index contributed by atoms with van der Waals surface area (Å²) >= 11 is 0. The maximum Gasteiger partial charge on any atom is 0.460 e. The molecule has 0 bridgehead atoms.